The molecule has 11 heteroatoms. The predicted molar refractivity (Wildman–Crippen MR) is 185 cm³/mol. The van der Waals surface area contributed by atoms with Crippen LogP contribution in [0.1, 0.15) is 38.3 Å². The Bertz CT molecular complexity index is 1480. The number of hydrogen-bond donors (Lipinski definition) is 4. The van der Waals surface area contributed by atoms with Gasteiger partial charge in [-0.15, -0.1) is 0 Å². The Morgan fingerprint density at radius 1 is 1.07 bits per heavy atom. The van der Waals surface area contributed by atoms with E-state index in [0.717, 1.165) is 24.9 Å². The van der Waals surface area contributed by atoms with Gasteiger partial charge in [0.25, 0.3) is 0 Å². The second-order valence-electron chi connectivity index (χ2n) is 11.6. The van der Waals surface area contributed by atoms with Crippen molar-refractivity contribution in [2.75, 3.05) is 45.7 Å². The van der Waals surface area contributed by atoms with Gasteiger partial charge in [0.2, 0.25) is 0 Å². The van der Waals surface area contributed by atoms with Crippen LogP contribution in [0.25, 0.3) is 0 Å². The number of likely N-dealkylation sites (N-methyl/N-ethyl adjacent to an activating group) is 1. The number of aldehydes is 1. The summed E-state index contributed by atoms with van der Waals surface area (Å²) >= 11 is 0. The third-order valence-corrected chi connectivity index (χ3v) is 7.08. The summed E-state index contributed by atoms with van der Waals surface area (Å²) in [5, 5.41) is 18.0. The number of rotatable bonds is 16. The average Bonchev–Trinajstić information content (AvgIpc) is 3.05. The van der Waals surface area contributed by atoms with Crippen molar-refractivity contribution in [2.45, 2.75) is 44.8 Å². The maximum absolute atomic E-state index is 12.5. The zero-order chi connectivity index (χ0) is 33.4. The Morgan fingerprint density at radius 2 is 1.76 bits per heavy atom. The normalized spacial score (nSPS) is 15.3. The summed E-state index contributed by atoms with van der Waals surface area (Å²) in [6.45, 7) is 7.25. The van der Waals surface area contributed by atoms with Gasteiger partial charge in [-0.2, -0.15) is 0 Å². The van der Waals surface area contributed by atoms with Crippen LogP contribution in [0.3, 0.4) is 0 Å². The van der Waals surface area contributed by atoms with E-state index in [4.69, 9.17) is 24.2 Å². The third kappa shape index (κ3) is 11.8. The number of phenols is 1. The molecular weight excluding hydrogens is 583 g/mol. The van der Waals surface area contributed by atoms with E-state index in [9.17, 15) is 9.59 Å². The first kappa shape index (κ1) is 36.0. The van der Waals surface area contributed by atoms with Crippen LogP contribution >= 0.6 is 0 Å². The molecule has 1 amide bonds. The zero-order valence-electron chi connectivity index (χ0n) is 27.3. The molecule has 1 heterocycles. The number of aromatic hydroxyl groups is 1. The Kier molecular flexibility index (Phi) is 14.0. The van der Waals surface area contributed by atoms with Crippen molar-refractivity contribution in [3.05, 3.63) is 83.9 Å². The third-order valence-electron chi connectivity index (χ3n) is 7.08. The van der Waals surface area contributed by atoms with E-state index >= 15 is 0 Å². The number of anilines is 1. The van der Waals surface area contributed by atoms with Crippen LogP contribution in [0.4, 0.5) is 11.4 Å². The molecule has 1 unspecified atom stereocenters. The average molecular weight is 629 g/mol. The van der Waals surface area contributed by atoms with Crippen LogP contribution in [-0.4, -0.2) is 87.7 Å². The molecular formula is C35H45BN4O6. The number of benzene rings is 3. The molecule has 3 aromatic rings. The molecule has 0 spiro atoms. The van der Waals surface area contributed by atoms with E-state index in [2.05, 4.69) is 16.0 Å². The number of hydrogen-bond acceptors (Lipinski definition) is 9. The van der Waals surface area contributed by atoms with Crippen molar-refractivity contribution in [1.82, 2.24) is 10.6 Å². The Labute approximate surface area is 272 Å². The molecule has 0 bridgehead atoms. The van der Waals surface area contributed by atoms with Crippen LogP contribution in [0.2, 0.25) is 0 Å². The first-order chi connectivity index (χ1) is 22.1. The summed E-state index contributed by atoms with van der Waals surface area (Å²) in [5.74, 6) is 2.46. The van der Waals surface area contributed by atoms with E-state index in [1.165, 1.54) is 5.56 Å². The van der Waals surface area contributed by atoms with Crippen molar-refractivity contribution in [1.29, 1.82) is 0 Å². The van der Waals surface area contributed by atoms with Crippen molar-refractivity contribution in [3.63, 3.8) is 0 Å². The number of amides is 1. The van der Waals surface area contributed by atoms with Crippen LogP contribution in [0.5, 0.6) is 11.5 Å². The molecule has 244 valence electrons. The Balaban J connectivity index is 0.000000441. The number of aliphatic imine (C=N–C) groups is 1. The minimum atomic E-state index is -0.576. The van der Waals surface area contributed by atoms with Gasteiger partial charge in [-0.1, -0.05) is 36.4 Å². The molecule has 0 saturated carbocycles. The van der Waals surface area contributed by atoms with Crippen molar-refractivity contribution in [3.8, 4) is 11.5 Å². The van der Waals surface area contributed by atoms with Gasteiger partial charge in [-0.05, 0) is 55.9 Å². The molecule has 0 radical (unpaired) electrons. The van der Waals surface area contributed by atoms with Gasteiger partial charge in [0.15, 0.2) is 0 Å². The number of ether oxygens (including phenoxy) is 2. The quantitative estimate of drug-likeness (QED) is 0.106. The summed E-state index contributed by atoms with van der Waals surface area (Å²) in [7, 11) is 5.38. The van der Waals surface area contributed by atoms with E-state index < -0.39 is 11.2 Å². The van der Waals surface area contributed by atoms with E-state index in [1.807, 2.05) is 95.4 Å². The zero-order valence-corrected chi connectivity index (χ0v) is 27.3. The monoisotopic (exact) mass is 628 g/mol. The standard InChI is InChI=1S/C26H32BN3O5.C9H13NO/c1-25(2,34-18-26(3)16-27-35-26)17-29-24(32)15-33-23-12-8-5-9-19(23)20(13-14-31)30-22-11-7-6-10-21(22)28-4;1-10-7-6-8-2-4-9(11)5-3-8/h5-12,14,16,28H,13,15,17-18H2,1-4H3,(H,29,32);2-5,10-11H,6-7H2,1H3. The summed E-state index contributed by atoms with van der Waals surface area (Å²) in [4.78, 5) is 28.6. The first-order valence-corrected chi connectivity index (χ1v) is 15.3. The molecule has 4 rings (SSSR count). The number of carbonyl (C=O) groups excluding carboxylic acids is 2. The van der Waals surface area contributed by atoms with Gasteiger partial charge >= 0.3 is 112 Å². The summed E-state index contributed by atoms with van der Waals surface area (Å²) in [5.41, 5.74) is 3.01. The van der Waals surface area contributed by atoms with E-state index in [-0.39, 0.29) is 18.9 Å². The fraction of sp³-hybridized carbons (Fsp3) is 0.371. The van der Waals surface area contributed by atoms with E-state index in [0.29, 0.717) is 41.6 Å². The topological polar surface area (TPSA) is 131 Å². The number of para-hydroxylation sites is 3. The molecule has 0 saturated heterocycles. The van der Waals surface area contributed by atoms with Gasteiger partial charge in [0, 0.05) is 13.5 Å². The second kappa shape index (κ2) is 17.9. The van der Waals surface area contributed by atoms with Gasteiger partial charge in [0.05, 0.1) is 17.1 Å². The molecule has 1 atom stereocenters. The van der Waals surface area contributed by atoms with E-state index in [1.54, 1.807) is 25.3 Å². The summed E-state index contributed by atoms with van der Waals surface area (Å²) in [6.07, 6.45) is 1.92. The predicted octanol–water partition coefficient (Wildman–Crippen LogP) is 4.09. The molecule has 10 nitrogen and oxygen atoms in total. The van der Waals surface area contributed by atoms with Crippen molar-refractivity contribution in [2.24, 2.45) is 4.99 Å². The molecule has 46 heavy (non-hydrogen) atoms. The van der Waals surface area contributed by atoms with Gasteiger partial charge in [-0.25, -0.2) is 0 Å². The fourth-order valence-electron chi connectivity index (χ4n) is 4.26. The Morgan fingerprint density at radius 3 is 2.41 bits per heavy atom. The minimum absolute atomic E-state index is 0.105. The Hall–Kier alpha value is -4.48. The van der Waals surface area contributed by atoms with Gasteiger partial charge in [0.1, 0.15) is 12.0 Å². The number of nitrogens with one attached hydrogen (secondary N) is 3. The molecule has 1 aliphatic rings. The van der Waals surface area contributed by atoms with Gasteiger partial charge in [-0.3, -0.25) is 4.99 Å². The van der Waals surface area contributed by atoms with Crippen LogP contribution in [-0.2, 0) is 25.4 Å². The van der Waals surface area contributed by atoms with Crippen molar-refractivity contribution >= 4 is 42.4 Å². The molecule has 1 aliphatic heterocycles. The molecule has 0 fully saturated rings. The van der Waals surface area contributed by atoms with Gasteiger partial charge < -0.3 is 20.5 Å². The molecule has 4 N–H and O–H groups in total. The van der Waals surface area contributed by atoms with Crippen molar-refractivity contribution < 1.29 is 28.8 Å². The summed E-state index contributed by atoms with van der Waals surface area (Å²) in [6, 6.07) is 22.1. The fourth-order valence-corrected chi connectivity index (χ4v) is 4.26. The van der Waals surface area contributed by atoms with Crippen LogP contribution in [0, 0.1) is 0 Å². The number of nitrogens with zero attached hydrogens (tertiary/aromatic N) is 1. The summed E-state index contributed by atoms with van der Waals surface area (Å²) < 4.78 is 17.1. The number of carbonyl (C=O) groups is 2. The molecule has 0 aliphatic carbocycles. The second-order valence-corrected chi connectivity index (χ2v) is 11.6. The SMILES string of the molecule is CNCCc1ccc(O)cc1.CNc1ccccc1N=C(CC=O)c1ccccc1OCC(=O)NCC(C)(C)OCC1(C)C=BO1. The molecule has 0 aromatic heterocycles. The first-order valence-electron chi connectivity index (χ1n) is 15.3. The van der Waals surface area contributed by atoms with Crippen LogP contribution in [0.15, 0.2) is 77.8 Å². The molecule has 3 aromatic carbocycles. The number of phenolic OH excluding ortho intramolecular Hbond substituents is 1. The van der Waals surface area contributed by atoms with Crippen LogP contribution < -0.4 is 20.7 Å². The maximum atomic E-state index is 12.5.